The van der Waals surface area contributed by atoms with E-state index in [9.17, 15) is 18.0 Å². The monoisotopic (exact) mass is 254 g/mol. The smallest absolute Gasteiger partial charge is 0.274 e. The van der Waals surface area contributed by atoms with Gasteiger partial charge in [0, 0.05) is 11.3 Å². The minimum Gasteiger partial charge on any atom is -0.323 e. The van der Waals surface area contributed by atoms with E-state index in [1.165, 1.54) is 0 Å². The lowest BCUT2D eigenvalue weighted by atomic mass is 10.1. The van der Waals surface area contributed by atoms with Crippen LogP contribution in [0.2, 0.25) is 0 Å². The van der Waals surface area contributed by atoms with Gasteiger partial charge in [0.05, 0.1) is 5.69 Å². The summed E-state index contributed by atoms with van der Waals surface area (Å²) in [6.07, 6.45) is 0. The van der Waals surface area contributed by atoms with Crippen molar-refractivity contribution in [1.82, 2.24) is 9.97 Å². The highest BCUT2D eigenvalue weighted by atomic mass is 19.2. The van der Waals surface area contributed by atoms with Crippen molar-refractivity contribution in [3.63, 3.8) is 0 Å². The summed E-state index contributed by atoms with van der Waals surface area (Å²) < 4.78 is 39.0. The summed E-state index contributed by atoms with van der Waals surface area (Å²) in [5.41, 5.74) is 0.261. The first-order valence-corrected chi connectivity index (χ1v) is 5.12. The third-order valence-corrected chi connectivity index (χ3v) is 2.60. The number of H-pyrrole nitrogens is 1. The number of aromatic nitrogens is 2. The fraction of sp³-hybridized carbons (Fsp3) is 0.167. The summed E-state index contributed by atoms with van der Waals surface area (Å²) in [6, 6.07) is 1.48. The van der Waals surface area contributed by atoms with E-state index in [4.69, 9.17) is 0 Å². The highest BCUT2D eigenvalue weighted by Crippen LogP contribution is 2.20. The zero-order valence-corrected chi connectivity index (χ0v) is 9.64. The second-order valence-electron chi connectivity index (χ2n) is 3.88. The van der Waals surface area contributed by atoms with Gasteiger partial charge in [-0.15, -0.1) is 0 Å². The highest BCUT2D eigenvalue weighted by molar-refractivity contribution is 5.58. The van der Waals surface area contributed by atoms with Crippen LogP contribution in [0, 0.1) is 31.3 Å². The molecule has 6 heteroatoms. The van der Waals surface area contributed by atoms with Gasteiger partial charge in [-0.1, -0.05) is 0 Å². The number of halogens is 3. The van der Waals surface area contributed by atoms with E-state index < -0.39 is 23.0 Å². The van der Waals surface area contributed by atoms with Gasteiger partial charge in [0.15, 0.2) is 17.5 Å². The Balaban J connectivity index is 2.70. The van der Waals surface area contributed by atoms with Gasteiger partial charge >= 0.3 is 0 Å². The molecular formula is C12H9F3N2O. The largest absolute Gasteiger partial charge is 0.323 e. The maximum absolute atomic E-state index is 13.1. The van der Waals surface area contributed by atoms with E-state index in [1.807, 2.05) is 0 Å². The fourth-order valence-electron chi connectivity index (χ4n) is 1.51. The first kappa shape index (κ1) is 12.3. The summed E-state index contributed by atoms with van der Waals surface area (Å²) >= 11 is 0. The molecule has 1 heterocycles. The molecule has 1 aromatic carbocycles. The van der Waals surface area contributed by atoms with Gasteiger partial charge < -0.3 is 4.98 Å². The molecule has 3 nitrogen and oxygen atoms in total. The van der Waals surface area contributed by atoms with Crippen LogP contribution in [0.1, 0.15) is 11.4 Å². The van der Waals surface area contributed by atoms with Gasteiger partial charge in [-0.05, 0) is 26.0 Å². The molecule has 1 N–H and O–H groups in total. The van der Waals surface area contributed by atoms with Crippen LogP contribution in [0.4, 0.5) is 13.2 Å². The SMILES string of the molecule is Cc1nc(-c2cc(F)c(F)c(F)c2)c(=O)[nH]c1C. The molecule has 0 unspecified atom stereocenters. The Hall–Kier alpha value is -2.11. The Kier molecular flexibility index (Phi) is 2.94. The highest BCUT2D eigenvalue weighted by Gasteiger charge is 2.15. The molecule has 0 amide bonds. The number of aromatic amines is 1. The van der Waals surface area contributed by atoms with Crippen LogP contribution < -0.4 is 5.56 Å². The van der Waals surface area contributed by atoms with E-state index in [2.05, 4.69) is 9.97 Å². The predicted octanol–water partition coefficient (Wildman–Crippen LogP) is 2.47. The first-order chi connectivity index (χ1) is 8.40. The molecule has 1 aromatic heterocycles. The maximum atomic E-state index is 13.1. The Morgan fingerprint density at radius 3 is 2.22 bits per heavy atom. The molecule has 18 heavy (non-hydrogen) atoms. The lowest BCUT2D eigenvalue weighted by Crippen LogP contribution is -2.14. The molecule has 0 aliphatic rings. The molecule has 2 rings (SSSR count). The van der Waals surface area contributed by atoms with E-state index in [-0.39, 0.29) is 11.3 Å². The lowest BCUT2D eigenvalue weighted by molar-refractivity contribution is 0.447. The van der Waals surface area contributed by atoms with Crippen molar-refractivity contribution in [2.75, 3.05) is 0 Å². The quantitative estimate of drug-likeness (QED) is 0.794. The Morgan fingerprint density at radius 1 is 1.11 bits per heavy atom. The lowest BCUT2D eigenvalue weighted by Gasteiger charge is -2.05. The van der Waals surface area contributed by atoms with Crippen LogP contribution in [0.15, 0.2) is 16.9 Å². The van der Waals surface area contributed by atoms with Crippen molar-refractivity contribution in [2.45, 2.75) is 13.8 Å². The molecule has 0 fully saturated rings. The average Bonchev–Trinajstić information content (AvgIpc) is 2.30. The summed E-state index contributed by atoms with van der Waals surface area (Å²) in [6.45, 7) is 3.30. The second-order valence-corrected chi connectivity index (χ2v) is 3.88. The molecule has 0 spiro atoms. The third-order valence-electron chi connectivity index (χ3n) is 2.60. The van der Waals surface area contributed by atoms with E-state index in [1.54, 1.807) is 13.8 Å². The van der Waals surface area contributed by atoms with Crippen molar-refractivity contribution in [3.8, 4) is 11.3 Å². The van der Waals surface area contributed by atoms with Crippen LogP contribution in [0.5, 0.6) is 0 Å². The fourth-order valence-corrected chi connectivity index (χ4v) is 1.51. The summed E-state index contributed by atoms with van der Waals surface area (Å²) in [4.78, 5) is 18.1. The maximum Gasteiger partial charge on any atom is 0.274 e. The molecule has 0 radical (unpaired) electrons. The summed E-state index contributed by atoms with van der Waals surface area (Å²) in [5, 5.41) is 0. The molecule has 0 aliphatic heterocycles. The molecule has 0 saturated carbocycles. The zero-order chi connectivity index (χ0) is 13.4. The van der Waals surface area contributed by atoms with Gasteiger partial charge in [0.1, 0.15) is 5.69 Å². The van der Waals surface area contributed by atoms with Crippen LogP contribution >= 0.6 is 0 Å². The van der Waals surface area contributed by atoms with E-state index in [0.717, 1.165) is 12.1 Å². The summed E-state index contributed by atoms with van der Waals surface area (Å²) in [7, 11) is 0. The zero-order valence-electron chi connectivity index (χ0n) is 9.64. The first-order valence-electron chi connectivity index (χ1n) is 5.12. The van der Waals surface area contributed by atoms with Gasteiger partial charge in [-0.3, -0.25) is 4.79 Å². The molecule has 2 aromatic rings. The number of hydrogen-bond donors (Lipinski definition) is 1. The van der Waals surface area contributed by atoms with Crippen molar-refractivity contribution in [1.29, 1.82) is 0 Å². The Bertz CT molecular complexity index is 657. The van der Waals surface area contributed by atoms with Crippen molar-refractivity contribution < 1.29 is 13.2 Å². The van der Waals surface area contributed by atoms with Gasteiger partial charge in [0.2, 0.25) is 0 Å². The van der Waals surface area contributed by atoms with Crippen LogP contribution in [-0.4, -0.2) is 9.97 Å². The van der Waals surface area contributed by atoms with Crippen LogP contribution in [0.3, 0.4) is 0 Å². The van der Waals surface area contributed by atoms with Gasteiger partial charge in [0.25, 0.3) is 5.56 Å². The summed E-state index contributed by atoms with van der Waals surface area (Å²) in [5.74, 6) is -4.28. The number of nitrogens with one attached hydrogen (secondary N) is 1. The molecule has 0 atom stereocenters. The topological polar surface area (TPSA) is 45.8 Å². The molecule has 0 saturated heterocycles. The molecule has 0 aliphatic carbocycles. The van der Waals surface area contributed by atoms with E-state index >= 15 is 0 Å². The third kappa shape index (κ3) is 2.01. The van der Waals surface area contributed by atoms with Gasteiger partial charge in [-0.2, -0.15) is 0 Å². The standard InChI is InChI=1S/C12H9F3N2O/c1-5-6(2)17-12(18)11(16-5)7-3-8(13)10(15)9(14)4-7/h3-4H,1-2H3,(H,17,18). The number of aryl methyl sites for hydroxylation is 2. The van der Waals surface area contributed by atoms with Crippen molar-refractivity contribution >= 4 is 0 Å². The van der Waals surface area contributed by atoms with Gasteiger partial charge in [-0.25, -0.2) is 18.2 Å². The number of rotatable bonds is 1. The van der Waals surface area contributed by atoms with Crippen LogP contribution in [0.25, 0.3) is 11.3 Å². The number of nitrogens with zero attached hydrogens (tertiary/aromatic N) is 1. The average molecular weight is 254 g/mol. The normalized spacial score (nSPS) is 10.7. The van der Waals surface area contributed by atoms with Crippen LogP contribution in [-0.2, 0) is 0 Å². The molecular weight excluding hydrogens is 245 g/mol. The number of benzene rings is 1. The van der Waals surface area contributed by atoms with E-state index in [0.29, 0.717) is 11.4 Å². The van der Waals surface area contributed by atoms with Crippen molar-refractivity contribution in [3.05, 3.63) is 51.3 Å². The molecule has 94 valence electrons. The molecule has 0 bridgehead atoms. The predicted molar refractivity (Wildman–Crippen MR) is 59.6 cm³/mol. The van der Waals surface area contributed by atoms with Crippen molar-refractivity contribution in [2.24, 2.45) is 0 Å². The Labute approximate surface area is 100 Å². The minimum atomic E-state index is -1.57. The Morgan fingerprint density at radius 2 is 1.67 bits per heavy atom. The number of hydrogen-bond acceptors (Lipinski definition) is 2. The minimum absolute atomic E-state index is 0.101. The second kappa shape index (κ2) is 4.29.